The molecule has 0 unspecified atom stereocenters. The van der Waals surface area contributed by atoms with Crippen LogP contribution >= 0.6 is 11.6 Å². The number of hydrogen-bond donors (Lipinski definition) is 1. The van der Waals surface area contributed by atoms with Crippen molar-refractivity contribution in [3.05, 3.63) is 52.8 Å². The summed E-state index contributed by atoms with van der Waals surface area (Å²) in [5, 5.41) is 2.67. The van der Waals surface area contributed by atoms with E-state index in [0.717, 1.165) is 36.5 Å². The topological polar surface area (TPSA) is 51.4 Å². The fourth-order valence-corrected chi connectivity index (χ4v) is 2.88. The number of hydroxylamine groups is 2. The molecule has 1 saturated heterocycles. The molecule has 1 fully saturated rings. The van der Waals surface area contributed by atoms with Crippen molar-refractivity contribution in [1.82, 2.24) is 10.0 Å². The Hall–Kier alpha value is -2.22. The maximum Gasteiger partial charge on any atom is 0.163 e. The highest BCUT2D eigenvalue weighted by molar-refractivity contribution is 6.30. The molecule has 1 aliphatic rings. The van der Waals surface area contributed by atoms with Gasteiger partial charge >= 0.3 is 0 Å². The van der Waals surface area contributed by atoms with E-state index < -0.39 is 0 Å². The minimum Gasteiger partial charge on any atom is -0.405 e. The Bertz CT molecular complexity index is 759. The zero-order valence-corrected chi connectivity index (χ0v) is 14.9. The van der Waals surface area contributed by atoms with Gasteiger partial charge in [-0.15, -0.1) is 5.06 Å². The number of piperidine rings is 1. The first kappa shape index (κ1) is 17.6. The van der Waals surface area contributed by atoms with Gasteiger partial charge in [0.2, 0.25) is 0 Å². The van der Waals surface area contributed by atoms with Gasteiger partial charge in [-0.2, -0.15) is 0 Å². The molecule has 0 aliphatic carbocycles. The molecule has 1 aliphatic heterocycles. The summed E-state index contributed by atoms with van der Waals surface area (Å²) >= 11 is 6.12. The van der Waals surface area contributed by atoms with Crippen molar-refractivity contribution in [2.24, 2.45) is 0 Å². The van der Waals surface area contributed by atoms with Crippen molar-refractivity contribution in [1.29, 1.82) is 0 Å². The smallest absolute Gasteiger partial charge is 0.163 e. The van der Waals surface area contributed by atoms with E-state index in [-0.39, 0.29) is 0 Å². The van der Waals surface area contributed by atoms with Crippen molar-refractivity contribution in [2.45, 2.75) is 32.1 Å². The van der Waals surface area contributed by atoms with E-state index in [1.54, 1.807) is 6.20 Å². The van der Waals surface area contributed by atoms with Crippen molar-refractivity contribution in [3.8, 4) is 17.6 Å². The Balaban J connectivity index is 1.64. The van der Waals surface area contributed by atoms with Gasteiger partial charge in [0.1, 0.15) is 0 Å². The van der Waals surface area contributed by atoms with E-state index in [2.05, 4.69) is 16.8 Å². The standard InChI is InChI=1S/C20H22ClN3O/c21-17-8-11-20(25-24-12-4-1-5-13-24)16(14-17)6-2-3-7-19-10-9-18(22)15-23-19/h8-11,14-15H,1,3-5,7,12-13,22H2. The lowest BCUT2D eigenvalue weighted by atomic mass is 10.1. The monoisotopic (exact) mass is 355 g/mol. The number of rotatable bonds is 4. The molecule has 5 heteroatoms. The Morgan fingerprint density at radius 3 is 2.76 bits per heavy atom. The molecule has 1 aromatic carbocycles. The molecule has 2 aromatic rings. The molecule has 3 rings (SSSR count). The maximum absolute atomic E-state index is 6.12. The molecule has 0 amide bonds. The minimum atomic E-state index is 0.662. The van der Waals surface area contributed by atoms with Gasteiger partial charge in [0.25, 0.3) is 0 Å². The summed E-state index contributed by atoms with van der Waals surface area (Å²) < 4.78 is 0. The molecule has 0 atom stereocenters. The molecule has 0 bridgehead atoms. The number of nitrogens with two attached hydrogens (primary N) is 1. The van der Waals surface area contributed by atoms with Crippen LogP contribution in [-0.4, -0.2) is 23.1 Å². The second kappa shape index (κ2) is 8.75. The Morgan fingerprint density at radius 1 is 1.16 bits per heavy atom. The van der Waals surface area contributed by atoms with Crippen molar-refractivity contribution >= 4 is 17.3 Å². The van der Waals surface area contributed by atoms with Crippen molar-refractivity contribution < 1.29 is 4.84 Å². The normalized spacial score (nSPS) is 14.6. The zero-order valence-electron chi connectivity index (χ0n) is 14.2. The molecule has 2 N–H and O–H groups in total. The highest BCUT2D eigenvalue weighted by Crippen LogP contribution is 2.24. The first-order valence-corrected chi connectivity index (χ1v) is 9.00. The van der Waals surface area contributed by atoms with E-state index in [9.17, 15) is 0 Å². The lowest BCUT2D eigenvalue weighted by molar-refractivity contribution is -0.0722. The maximum atomic E-state index is 6.12. The molecule has 0 radical (unpaired) electrons. The van der Waals surface area contributed by atoms with Gasteiger partial charge in [0.05, 0.1) is 17.4 Å². The summed E-state index contributed by atoms with van der Waals surface area (Å²) in [5.74, 6) is 7.15. The SMILES string of the molecule is Nc1ccc(CCC#Cc2cc(Cl)ccc2ON2CCCCC2)nc1. The zero-order chi connectivity index (χ0) is 17.5. The van der Waals surface area contributed by atoms with Crippen molar-refractivity contribution in [2.75, 3.05) is 18.8 Å². The van der Waals surface area contributed by atoms with Gasteiger partial charge < -0.3 is 10.6 Å². The van der Waals surface area contributed by atoms with Crippen LogP contribution in [0.4, 0.5) is 5.69 Å². The van der Waals surface area contributed by atoms with Crippen LogP contribution in [0.15, 0.2) is 36.5 Å². The van der Waals surface area contributed by atoms with E-state index >= 15 is 0 Å². The highest BCUT2D eigenvalue weighted by Gasteiger charge is 2.13. The molecule has 25 heavy (non-hydrogen) atoms. The number of hydrogen-bond acceptors (Lipinski definition) is 4. The summed E-state index contributed by atoms with van der Waals surface area (Å²) in [4.78, 5) is 10.3. The third-order valence-corrected chi connectivity index (χ3v) is 4.30. The quantitative estimate of drug-likeness (QED) is 0.839. The number of halogens is 1. The van der Waals surface area contributed by atoms with Crippen LogP contribution in [0.3, 0.4) is 0 Å². The average molecular weight is 356 g/mol. The van der Waals surface area contributed by atoms with Crippen LogP contribution < -0.4 is 10.6 Å². The van der Waals surface area contributed by atoms with E-state index in [1.807, 2.05) is 35.4 Å². The Labute approximate surface area is 153 Å². The predicted molar refractivity (Wildman–Crippen MR) is 101 cm³/mol. The summed E-state index contributed by atoms with van der Waals surface area (Å²) in [6, 6.07) is 9.38. The second-order valence-corrected chi connectivity index (χ2v) is 6.54. The molecule has 1 aromatic heterocycles. The summed E-state index contributed by atoms with van der Waals surface area (Å²) in [6.07, 6.45) is 6.78. The lowest BCUT2D eigenvalue weighted by Crippen LogP contribution is -2.33. The molecular formula is C20H22ClN3O. The molecule has 0 saturated carbocycles. The summed E-state index contributed by atoms with van der Waals surface area (Å²) in [7, 11) is 0. The first-order chi connectivity index (χ1) is 12.2. The summed E-state index contributed by atoms with van der Waals surface area (Å²) in [5.41, 5.74) is 8.13. The van der Waals surface area contributed by atoms with Crippen LogP contribution in [0.25, 0.3) is 0 Å². The number of benzene rings is 1. The van der Waals surface area contributed by atoms with Crippen LogP contribution in [0.5, 0.6) is 5.75 Å². The van der Waals surface area contributed by atoms with E-state index in [4.69, 9.17) is 22.2 Å². The number of anilines is 1. The third-order valence-electron chi connectivity index (χ3n) is 4.06. The third kappa shape index (κ3) is 5.38. The molecule has 0 spiro atoms. The van der Waals surface area contributed by atoms with Gasteiger partial charge in [0, 0.05) is 36.6 Å². The average Bonchev–Trinajstić information content (AvgIpc) is 2.63. The molecule has 2 heterocycles. The number of nitrogens with zero attached hydrogens (tertiary/aromatic N) is 2. The van der Waals surface area contributed by atoms with E-state index in [0.29, 0.717) is 17.1 Å². The number of aromatic nitrogens is 1. The number of aryl methyl sites for hydroxylation is 1. The van der Waals surface area contributed by atoms with E-state index in [1.165, 1.54) is 19.3 Å². The number of nitrogen functional groups attached to an aromatic ring is 1. The lowest BCUT2D eigenvalue weighted by Gasteiger charge is -2.26. The van der Waals surface area contributed by atoms with Gasteiger partial charge in [-0.25, -0.2) is 0 Å². The largest absolute Gasteiger partial charge is 0.405 e. The fourth-order valence-electron chi connectivity index (χ4n) is 2.71. The first-order valence-electron chi connectivity index (χ1n) is 8.62. The van der Waals surface area contributed by atoms with Gasteiger partial charge in [-0.1, -0.05) is 29.9 Å². The van der Waals surface area contributed by atoms with Crippen LogP contribution in [0.2, 0.25) is 5.02 Å². The fraction of sp³-hybridized carbons (Fsp3) is 0.350. The Kier molecular flexibility index (Phi) is 6.16. The highest BCUT2D eigenvalue weighted by atomic mass is 35.5. The van der Waals surface area contributed by atoms with Gasteiger partial charge in [-0.3, -0.25) is 4.98 Å². The molecule has 130 valence electrons. The summed E-state index contributed by atoms with van der Waals surface area (Å²) in [6.45, 7) is 1.91. The predicted octanol–water partition coefficient (Wildman–Crippen LogP) is 4.08. The number of pyridine rings is 1. The van der Waals surface area contributed by atoms with Gasteiger partial charge in [0.15, 0.2) is 5.75 Å². The van der Waals surface area contributed by atoms with Crippen molar-refractivity contribution in [3.63, 3.8) is 0 Å². The Morgan fingerprint density at radius 2 is 2.00 bits per heavy atom. The molecule has 4 nitrogen and oxygen atoms in total. The second-order valence-electron chi connectivity index (χ2n) is 6.11. The molecular weight excluding hydrogens is 334 g/mol. The van der Waals surface area contributed by atoms with Crippen LogP contribution in [-0.2, 0) is 6.42 Å². The van der Waals surface area contributed by atoms with Crippen LogP contribution in [0, 0.1) is 11.8 Å². The van der Waals surface area contributed by atoms with Crippen LogP contribution in [0.1, 0.15) is 36.9 Å². The minimum absolute atomic E-state index is 0.662. The van der Waals surface area contributed by atoms with Gasteiger partial charge in [-0.05, 0) is 43.2 Å².